The first-order valence-corrected chi connectivity index (χ1v) is 6.29. The molecule has 3 heteroatoms. The summed E-state index contributed by atoms with van der Waals surface area (Å²) in [6.45, 7) is 4.71. The average Bonchev–Trinajstić information content (AvgIpc) is 2.39. The third-order valence-electron chi connectivity index (χ3n) is 2.72. The Morgan fingerprint density at radius 2 is 2.00 bits per heavy atom. The Bertz CT molecular complexity index is 398. The highest BCUT2D eigenvalue weighted by Gasteiger charge is 2.14. The molecule has 18 heavy (non-hydrogen) atoms. The van der Waals surface area contributed by atoms with Gasteiger partial charge in [0.05, 0.1) is 6.61 Å². The second-order valence-electron chi connectivity index (χ2n) is 4.23. The first-order chi connectivity index (χ1) is 8.69. The maximum atomic E-state index is 12.2. The Labute approximate surface area is 109 Å². The molecule has 0 unspecified atom stereocenters. The number of carbonyl (C=O) groups excluding carboxylic acids is 1. The molecule has 0 saturated heterocycles. The molecule has 0 spiro atoms. The highest BCUT2D eigenvalue weighted by molar-refractivity contribution is 5.92. The van der Waals surface area contributed by atoms with Crippen LogP contribution in [0.2, 0.25) is 0 Å². The molecule has 0 fully saturated rings. The number of carbonyl (C=O) groups is 1. The van der Waals surface area contributed by atoms with E-state index in [1.807, 2.05) is 50.3 Å². The summed E-state index contributed by atoms with van der Waals surface area (Å²) in [5.41, 5.74) is 1.81. The van der Waals surface area contributed by atoms with E-state index in [2.05, 4.69) is 0 Å². The van der Waals surface area contributed by atoms with Gasteiger partial charge in [-0.05, 0) is 18.9 Å². The predicted molar refractivity (Wildman–Crippen MR) is 73.0 cm³/mol. The van der Waals surface area contributed by atoms with E-state index in [1.165, 1.54) is 0 Å². The smallest absolute Gasteiger partial charge is 0.249 e. The van der Waals surface area contributed by atoms with E-state index >= 15 is 0 Å². The summed E-state index contributed by atoms with van der Waals surface area (Å²) in [6.07, 6.45) is 2.76. The SMILES string of the molecule is CCC=C(C)C(=O)N(CCO)Cc1ccccc1. The van der Waals surface area contributed by atoms with Gasteiger partial charge in [0.25, 0.3) is 0 Å². The molecule has 0 aliphatic carbocycles. The van der Waals surface area contributed by atoms with Gasteiger partial charge in [-0.2, -0.15) is 0 Å². The van der Waals surface area contributed by atoms with E-state index in [4.69, 9.17) is 5.11 Å². The number of amides is 1. The van der Waals surface area contributed by atoms with Crippen molar-refractivity contribution in [1.29, 1.82) is 0 Å². The van der Waals surface area contributed by atoms with Gasteiger partial charge in [-0.25, -0.2) is 0 Å². The quantitative estimate of drug-likeness (QED) is 0.784. The number of rotatable bonds is 6. The van der Waals surface area contributed by atoms with E-state index in [-0.39, 0.29) is 12.5 Å². The number of allylic oxidation sites excluding steroid dienone is 1. The molecule has 0 aliphatic heterocycles. The van der Waals surface area contributed by atoms with Gasteiger partial charge in [0.1, 0.15) is 0 Å². The number of aliphatic hydroxyl groups is 1. The van der Waals surface area contributed by atoms with Crippen LogP contribution in [0.4, 0.5) is 0 Å². The summed E-state index contributed by atoms with van der Waals surface area (Å²) in [4.78, 5) is 13.9. The van der Waals surface area contributed by atoms with E-state index in [1.54, 1.807) is 4.90 Å². The Hall–Kier alpha value is -1.61. The number of hydrogen-bond acceptors (Lipinski definition) is 2. The van der Waals surface area contributed by atoms with Gasteiger partial charge in [-0.15, -0.1) is 0 Å². The zero-order valence-corrected chi connectivity index (χ0v) is 11.1. The molecule has 98 valence electrons. The van der Waals surface area contributed by atoms with Gasteiger partial charge in [0, 0.05) is 18.7 Å². The lowest BCUT2D eigenvalue weighted by atomic mass is 10.1. The van der Waals surface area contributed by atoms with Crippen LogP contribution in [0.25, 0.3) is 0 Å². The fraction of sp³-hybridized carbons (Fsp3) is 0.400. The molecule has 1 aromatic rings. The molecule has 0 atom stereocenters. The summed E-state index contributed by atoms with van der Waals surface area (Å²) >= 11 is 0. The number of nitrogens with zero attached hydrogens (tertiary/aromatic N) is 1. The first-order valence-electron chi connectivity index (χ1n) is 6.29. The highest BCUT2D eigenvalue weighted by Crippen LogP contribution is 2.08. The van der Waals surface area contributed by atoms with Crippen LogP contribution < -0.4 is 0 Å². The van der Waals surface area contributed by atoms with Crippen LogP contribution in [0.3, 0.4) is 0 Å². The second-order valence-corrected chi connectivity index (χ2v) is 4.23. The molecule has 0 heterocycles. The molecule has 3 nitrogen and oxygen atoms in total. The molecule has 1 N–H and O–H groups in total. The Morgan fingerprint density at radius 3 is 2.56 bits per heavy atom. The van der Waals surface area contributed by atoms with Crippen molar-refractivity contribution in [2.75, 3.05) is 13.2 Å². The van der Waals surface area contributed by atoms with Crippen LogP contribution in [-0.4, -0.2) is 29.1 Å². The van der Waals surface area contributed by atoms with Gasteiger partial charge < -0.3 is 10.0 Å². The van der Waals surface area contributed by atoms with Crippen molar-refractivity contribution < 1.29 is 9.90 Å². The van der Waals surface area contributed by atoms with Crippen LogP contribution in [-0.2, 0) is 11.3 Å². The third kappa shape index (κ3) is 4.34. The second kappa shape index (κ2) is 7.67. The molecule has 0 aliphatic rings. The van der Waals surface area contributed by atoms with Crippen LogP contribution in [0, 0.1) is 0 Å². The van der Waals surface area contributed by atoms with Gasteiger partial charge in [-0.1, -0.05) is 43.3 Å². The van der Waals surface area contributed by atoms with Gasteiger partial charge in [0.15, 0.2) is 0 Å². The topological polar surface area (TPSA) is 40.5 Å². The number of aliphatic hydroxyl groups excluding tert-OH is 1. The molecular weight excluding hydrogens is 226 g/mol. The predicted octanol–water partition coefficient (Wildman–Crippen LogP) is 2.36. The van der Waals surface area contributed by atoms with Crippen molar-refractivity contribution >= 4 is 5.91 Å². The minimum atomic E-state index is -0.0159. The normalized spacial score (nSPS) is 11.4. The molecule has 1 amide bonds. The van der Waals surface area contributed by atoms with Crippen molar-refractivity contribution in [3.8, 4) is 0 Å². The van der Waals surface area contributed by atoms with Crippen molar-refractivity contribution in [1.82, 2.24) is 4.90 Å². The van der Waals surface area contributed by atoms with Gasteiger partial charge >= 0.3 is 0 Å². The molecular formula is C15H21NO2. The van der Waals surface area contributed by atoms with E-state index < -0.39 is 0 Å². The van der Waals surface area contributed by atoms with Crippen LogP contribution in [0.1, 0.15) is 25.8 Å². The van der Waals surface area contributed by atoms with Crippen molar-refractivity contribution in [2.24, 2.45) is 0 Å². The molecule has 1 aromatic carbocycles. The lowest BCUT2D eigenvalue weighted by molar-refractivity contribution is -0.128. The number of benzene rings is 1. The largest absolute Gasteiger partial charge is 0.395 e. The lowest BCUT2D eigenvalue weighted by Gasteiger charge is -2.22. The summed E-state index contributed by atoms with van der Waals surface area (Å²) in [6, 6.07) is 9.81. The summed E-state index contributed by atoms with van der Waals surface area (Å²) < 4.78 is 0. The standard InChI is InChI=1S/C15H21NO2/c1-3-7-13(2)15(18)16(10-11-17)12-14-8-5-4-6-9-14/h4-9,17H,3,10-12H2,1-2H3. The van der Waals surface area contributed by atoms with Crippen LogP contribution >= 0.6 is 0 Å². The first kappa shape index (κ1) is 14.5. The molecule has 0 radical (unpaired) electrons. The monoisotopic (exact) mass is 247 g/mol. The highest BCUT2D eigenvalue weighted by atomic mass is 16.3. The van der Waals surface area contributed by atoms with E-state index in [0.29, 0.717) is 13.1 Å². The summed E-state index contributed by atoms with van der Waals surface area (Å²) in [5, 5.41) is 9.06. The van der Waals surface area contributed by atoms with Crippen molar-refractivity contribution in [3.63, 3.8) is 0 Å². The molecule has 0 bridgehead atoms. The number of hydrogen-bond donors (Lipinski definition) is 1. The third-order valence-corrected chi connectivity index (χ3v) is 2.72. The minimum absolute atomic E-state index is 0.00486. The van der Waals surface area contributed by atoms with Crippen molar-refractivity contribution in [2.45, 2.75) is 26.8 Å². The van der Waals surface area contributed by atoms with Crippen LogP contribution in [0.5, 0.6) is 0 Å². The van der Waals surface area contributed by atoms with Gasteiger partial charge in [0.2, 0.25) is 5.91 Å². The molecule has 1 rings (SSSR count). The zero-order valence-electron chi connectivity index (χ0n) is 11.1. The summed E-state index contributed by atoms with van der Waals surface area (Å²) in [7, 11) is 0. The lowest BCUT2D eigenvalue weighted by Crippen LogP contribution is -2.33. The fourth-order valence-corrected chi connectivity index (χ4v) is 1.82. The molecule has 0 saturated carbocycles. The summed E-state index contributed by atoms with van der Waals surface area (Å²) in [5.74, 6) is -0.00486. The van der Waals surface area contributed by atoms with E-state index in [0.717, 1.165) is 17.6 Å². The fourth-order valence-electron chi connectivity index (χ4n) is 1.82. The average molecular weight is 247 g/mol. The Balaban J connectivity index is 2.77. The van der Waals surface area contributed by atoms with E-state index in [9.17, 15) is 4.79 Å². The minimum Gasteiger partial charge on any atom is -0.395 e. The maximum Gasteiger partial charge on any atom is 0.249 e. The van der Waals surface area contributed by atoms with Crippen molar-refractivity contribution in [3.05, 3.63) is 47.5 Å². The maximum absolute atomic E-state index is 12.2. The Kier molecular flexibility index (Phi) is 6.15. The van der Waals surface area contributed by atoms with Gasteiger partial charge in [-0.3, -0.25) is 4.79 Å². The van der Waals surface area contributed by atoms with Crippen LogP contribution in [0.15, 0.2) is 42.0 Å². The molecule has 0 aromatic heterocycles. The Morgan fingerprint density at radius 1 is 1.33 bits per heavy atom. The zero-order chi connectivity index (χ0) is 13.4.